The molecule has 5 heteroatoms. The molecule has 1 saturated heterocycles. The molecule has 0 spiro atoms. The van der Waals surface area contributed by atoms with E-state index in [9.17, 15) is 14.7 Å². The maximum absolute atomic E-state index is 12.3. The summed E-state index contributed by atoms with van der Waals surface area (Å²) in [7, 11) is 0. The summed E-state index contributed by atoms with van der Waals surface area (Å²) >= 11 is 0. The SMILES string of the molecule is CC1CCCNC1C(=O)NCC1(C(=O)O)CCCCCC1. The summed E-state index contributed by atoms with van der Waals surface area (Å²) in [6, 6.07) is -0.171. The zero-order chi connectivity index (χ0) is 15.3. The van der Waals surface area contributed by atoms with Crippen molar-refractivity contribution in [1.29, 1.82) is 0 Å². The predicted octanol–water partition coefficient (Wildman–Crippen LogP) is 1.92. The highest BCUT2D eigenvalue weighted by atomic mass is 16.4. The van der Waals surface area contributed by atoms with E-state index < -0.39 is 11.4 Å². The Kier molecular flexibility index (Phi) is 5.62. The molecule has 21 heavy (non-hydrogen) atoms. The molecule has 5 nitrogen and oxygen atoms in total. The van der Waals surface area contributed by atoms with Crippen molar-refractivity contribution in [3.05, 3.63) is 0 Å². The molecule has 1 aliphatic heterocycles. The van der Waals surface area contributed by atoms with Gasteiger partial charge in [-0.25, -0.2) is 0 Å². The van der Waals surface area contributed by atoms with E-state index in [1.807, 2.05) is 0 Å². The van der Waals surface area contributed by atoms with E-state index in [4.69, 9.17) is 0 Å². The first-order valence-corrected chi connectivity index (χ1v) is 8.30. The molecule has 3 N–H and O–H groups in total. The minimum atomic E-state index is -0.760. The van der Waals surface area contributed by atoms with Gasteiger partial charge >= 0.3 is 5.97 Å². The molecule has 0 aromatic rings. The molecule has 2 rings (SSSR count). The topological polar surface area (TPSA) is 78.4 Å². The Morgan fingerprint density at radius 3 is 2.43 bits per heavy atom. The standard InChI is InChI=1S/C16H28N2O3/c1-12-7-6-10-17-13(12)14(19)18-11-16(15(20)21)8-4-2-3-5-9-16/h12-13,17H,2-11H2,1H3,(H,18,19)(H,20,21). The molecule has 1 heterocycles. The number of hydrogen-bond donors (Lipinski definition) is 3. The van der Waals surface area contributed by atoms with Crippen LogP contribution >= 0.6 is 0 Å². The van der Waals surface area contributed by atoms with Crippen molar-refractivity contribution in [3.8, 4) is 0 Å². The quantitative estimate of drug-likeness (QED) is 0.693. The molecule has 1 aliphatic carbocycles. The molecule has 2 unspecified atom stereocenters. The van der Waals surface area contributed by atoms with Crippen LogP contribution in [0, 0.1) is 11.3 Å². The van der Waals surface area contributed by atoms with Crippen molar-refractivity contribution in [2.24, 2.45) is 11.3 Å². The first kappa shape index (κ1) is 16.3. The van der Waals surface area contributed by atoms with Crippen LogP contribution in [0.25, 0.3) is 0 Å². The van der Waals surface area contributed by atoms with Crippen molar-refractivity contribution in [3.63, 3.8) is 0 Å². The highest BCUT2D eigenvalue weighted by Gasteiger charge is 2.39. The number of carboxylic acids is 1. The van der Waals surface area contributed by atoms with Crippen LogP contribution in [0.15, 0.2) is 0 Å². The van der Waals surface area contributed by atoms with Gasteiger partial charge in [0.1, 0.15) is 0 Å². The number of carbonyl (C=O) groups excluding carboxylic acids is 1. The zero-order valence-corrected chi connectivity index (χ0v) is 13.0. The van der Waals surface area contributed by atoms with Gasteiger partial charge in [-0.15, -0.1) is 0 Å². The Morgan fingerprint density at radius 1 is 1.19 bits per heavy atom. The molecule has 2 fully saturated rings. The largest absolute Gasteiger partial charge is 0.481 e. The average molecular weight is 296 g/mol. The average Bonchev–Trinajstić information content (AvgIpc) is 2.72. The van der Waals surface area contributed by atoms with E-state index in [1.54, 1.807) is 0 Å². The second kappa shape index (κ2) is 7.25. The number of hydrogen-bond acceptors (Lipinski definition) is 3. The van der Waals surface area contributed by atoms with Crippen LogP contribution in [0.2, 0.25) is 0 Å². The lowest BCUT2D eigenvalue weighted by Crippen LogP contribution is -2.53. The Bertz CT molecular complexity index is 376. The maximum atomic E-state index is 12.3. The molecular weight excluding hydrogens is 268 g/mol. The third-order valence-corrected chi connectivity index (χ3v) is 5.17. The van der Waals surface area contributed by atoms with Crippen LogP contribution in [-0.4, -0.2) is 36.1 Å². The zero-order valence-electron chi connectivity index (χ0n) is 13.0. The first-order valence-electron chi connectivity index (χ1n) is 8.30. The Labute approximate surface area is 126 Å². The first-order chi connectivity index (χ1) is 10.1. The number of amides is 1. The summed E-state index contributed by atoms with van der Waals surface area (Å²) in [6.07, 6.45) is 7.60. The smallest absolute Gasteiger partial charge is 0.311 e. The number of carbonyl (C=O) groups is 2. The summed E-state index contributed by atoms with van der Waals surface area (Å²) in [4.78, 5) is 24.1. The van der Waals surface area contributed by atoms with Gasteiger partial charge in [-0.2, -0.15) is 0 Å². The van der Waals surface area contributed by atoms with E-state index in [-0.39, 0.29) is 18.5 Å². The Hall–Kier alpha value is -1.10. The Morgan fingerprint density at radius 2 is 1.86 bits per heavy atom. The molecular formula is C16H28N2O3. The summed E-state index contributed by atoms with van der Waals surface area (Å²) in [6.45, 7) is 3.22. The summed E-state index contributed by atoms with van der Waals surface area (Å²) in [5.41, 5.74) is -0.760. The van der Waals surface area contributed by atoms with Crippen LogP contribution in [0.3, 0.4) is 0 Å². The third kappa shape index (κ3) is 3.96. The molecule has 1 saturated carbocycles. The van der Waals surface area contributed by atoms with Crippen molar-refractivity contribution in [2.75, 3.05) is 13.1 Å². The van der Waals surface area contributed by atoms with E-state index in [0.717, 1.165) is 45.1 Å². The van der Waals surface area contributed by atoms with Gasteiger partial charge < -0.3 is 15.7 Å². The highest BCUT2D eigenvalue weighted by molar-refractivity contribution is 5.83. The highest BCUT2D eigenvalue weighted by Crippen LogP contribution is 2.35. The van der Waals surface area contributed by atoms with Crippen molar-refractivity contribution in [2.45, 2.75) is 64.3 Å². The van der Waals surface area contributed by atoms with E-state index in [1.165, 1.54) is 0 Å². The van der Waals surface area contributed by atoms with Crippen molar-refractivity contribution >= 4 is 11.9 Å². The van der Waals surface area contributed by atoms with Gasteiger partial charge in [-0.3, -0.25) is 9.59 Å². The fourth-order valence-corrected chi connectivity index (χ4v) is 3.64. The molecule has 0 radical (unpaired) electrons. The summed E-state index contributed by atoms with van der Waals surface area (Å²) < 4.78 is 0. The van der Waals surface area contributed by atoms with Gasteiger partial charge in [0.05, 0.1) is 11.5 Å². The van der Waals surface area contributed by atoms with Gasteiger partial charge in [-0.1, -0.05) is 32.6 Å². The van der Waals surface area contributed by atoms with Gasteiger partial charge in [0, 0.05) is 6.54 Å². The minimum absolute atomic E-state index is 0.0351. The van der Waals surface area contributed by atoms with Gasteiger partial charge in [0.15, 0.2) is 0 Å². The molecule has 0 aromatic carbocycles. The number of piperidine rings is 1. The fraction of sp³-hybridized carbons (Fsp3) is 0.875. The van der Waals surface area contributed by atoms with Crippen LogP contribution in [0.4, 0.5) is 0 Å². The number of rotatable bonds is 4. The normalized spacial score (nSPS) is 29.4. The van der Waals surface area contributed by atoms with E-state index >= 15 is 0 Å². The monoisotopic (exact) mass is 296 g/mol. The maximum Gasteiger partial charge on any atom is 0.311 e. The molecule has 0 aromatic heterocycles. The van der Waals surface area contributed by atoms with Crippen LogP contribution < -0.4 is 10.6 Å². The van der Waals surface area contributed by atoms with Crippen LogP contribution in [0.1, 0.15) is 58.3 Å². The third-order valence-electron chi connectivity index (χ3n) is 5.17. The lowest BCUT2D eigenvalue weighted by atomic mass is 9.80. The van der Waals surface area contributed by atoms with Crippen molar-refractivity contribution < 1.29 is 14.7 Å². The number of carboxylic acid groups (broad SMARTS) is 1. The molecule has 2 aliphatic rings. The van der Waals surface area contributed by atoms with Crippen LogP contribution in [-0.2, 0) is 9.59 Å². The molecule has 0 bridgehead atoms. The molecule has 1 amide bonds. The number of nitrogens with one attached hydrogen (secondary N) is 2. The molecule has 2 atom stereocenters. The number of aliphatic carboxylic acids is 1. The van der Waals surface area contributed by atoms with Gasteiger partial charge in [-0.05, 0) is 38.1 Å². The Balaban J connectivity index is 1.94. The fourth-order valence-electron chi connectivity index (χ4n) is 3.64. The molecule has 120 valence electrons. The second-order valence-corrected chi connectivity index (χ2v) is 6.77. The van der Waals surface area contributed by atoms with E-state index in [0.29, 0.717) is 18.8 Å². The van der Waals surface area contributed by atoms with Gasteiger partial charge in [0.2, 0.25) is 5.91 Å². The summed E-state index contributed by atoms with van der Waals surface area (Å²) in [5, 5.41) is 15.8. The van der Waals surface area contributed by atoms with Crippen LogP contribution in [0.5, 0.6) is 0 Å². The summed E-state index contributed by atoms with van der Waals surface area (Å²) in [5.74, 6) is -0.477. The second-order valence-electron chi connectivity index (χ2n) is 6.77. The lowest BCUT2D eigenvalue weighted by molar-refractivity contribution is -0.150. The van der Waals surface area contributed by atoms with Gasteiger partial charge in [0.25, 0.3) is 0 Å². The van der Waals surface area contributed by atoms with E-state index in [2.05, 4.69) is 17.6 Å². The lowest BCUT2D eigenvalue weighted by Gasteiger charge is -2.32. The van der Waals surface area contributed by atoms with Crippen molar-refractivity contribution in [1.82, 2.24) is 10.6 Å². The minimum Gasteiger partial charge on any atom is -0.481 e. The predicted molar refractivity (Wildman–Crippen MR) is 81.0 cm³/mol.